The van der Waals surface area contributed by atoms with E-state index in [4.69, 9.17) is 16.7 Å². The van der Waals surface area contributed by atoms with Gasteiger partial charge in [0.15, 0.2) is 0 Å². The van der Waals surface area contributed by atoms with Gasteiger partial charge >= 0.3 is 5.97 Å². The van der Waals surface area contributed by atoms with Gasteiger partial charge in [0, 0.05) is 40.7 Å². The number of carbonyl (C=O) groups excluding carboxylic acids is 1. The molecule has 2 aromatic rings. The molecule has 1 aromatic heterocycles. The molecule has 4 rings (SSSR count). The molecule has 1 aliphatic carbocycles. The number of carboxylic acids is 1. The molecule has 2 heterocycles. The summed E-state index contributed by atoms with van der Waals surface area (Å²) < 4.78 is 0. The number of amides is 1. The largest absolute Gasteiger partial charge is 0.481 e. The third kappa shape index (κ3) is 4.65. The number of H-pyrrole nitrogens is 1. The molecule has 1 amide bonds. The van der Waals surface area contributed by atoms with Crippen molar-refractivity contribution in [2.75, 3.05) is 0 Å². The summed E-state index contributed by atoms with van der Waals surface area (Å²) in [5, 5.41) is 12.3. The van der Waals surface area contributed by atoms with Gasteiger partial charge in [-0.25, -0.2) is 0 Å². The summed E-state index contributed by atoms with van der Waals surface area (Å²) in [5.41, 5.74) is 3.74. The van der Waals surface area contributed by atoms with Crippen molar-refractivity contribution in [3.63, 3.8) is 0 Å². The summed E-state index contributed by atoms with van der Waals surface area (Å²) in [7, 11) is 0. The zero-order valence-corrected chi connectivity index (χ0v) is 17.2. The fraction of sp³-hybridized carbons (Fsp3) is 0.348. The zero-order chi connectivity index (χ0) is 21.3. The van der Waals surface area contributed by atoms with Crippen LogP contribution >= 0.6 is 11.6 Å². The van der Waals surface area contributed by atoms with Crippen molar-refractivity contribution < 1.29 is 14.7 Å². The molecular weight excluding hydrogens is 404 g/mol. The van der Waals surface area contributed by atoms with Crippen molar-refractivity contribution in [3.8, 4) is 0 Å². The maximum atomic E-state index is 12.6. The predicted octanol–water partition coefficient (Wildman–Crippen LogP) is 3.63. The first-order chi connectivity index (χ1) is 14.4. The average molecular weight is 427 g/mol. The maximum absolute atomic E-state index is 12.6. The number of benzene rings is 1. The lowest BCUT2D eigenvalue weighted by atomic mass is 9.96. The van der Waals surface area contributed by atoms with Gasteiger partial charge in [-0.3, -0.25) is 14.4 Å². The number of carboxylic acid groups (broad SMARTS) is 1. The number of aromatic nitrogens is 1. The Balaban J connectivity index is 1.70. The predicted molar refractivity (Wildman–Crippen MR) is 115 cm³/mol. The van der Waals surface area contributed by atoms with E-state index in [1.807, 2.05) is 30.3 Å². The van der Waals surface area contributed by atoms with Crippen molar-refractivity contribution in [2.24, 2.45) is 0 Å². The maximum Gasteiger partial charge on any atom is 0.303 e. The third-order valence-corrected chi connectivity index (χ3v) is 5.97. The van der Waals surface area contributed by atoms with E-state index in [9.17, 15) is 14.4 Å². The number of hydrogen-bond acceptors (Lipinski definition) is 3. The van der Waals surface area contributed by atoms with Crippen molar-refractivity contribution in [1.82, 2.24) is 10.3 Å². The van der Waals surface area contributed by atoms with E-state index in [0.717, 1.165) is 35.1 Å². The van der Waals surface area contributed by atoms with E-state index in [1.54, 1.807) is 6.07 Å². The quantitative estimate of drug-likeness (QED) is 0.629. The minimum atomic E-state index is -0.874. The Morgan fingerprint density at radius 3 is 2.57 bits per heavy atom. The minimum absolute atomic E-state index is 0.00577. The summed E-state index contributed by atoms with van der Waals surface area (Å²) in [5.74, 6) is -0.511. The normalized spacial score (nSPS) is 19.0. The molecule has 1 atom stereocenters. The van der Waals surface area contributed by atoms with Crippen molar-refractivity contribution in [3.05, 3.63) is 74.2 Å². The highest BCUT2D eigenvalue weighted by molar-refractivity contribution is 6.31. The molecule has 1 saturated carbocycles. The number of aromatic amines is 1. The van der Waals surface area contributed by atoms with Gasteiger partial charge in [0.05, 0.1) is 0 Å². The van der Waals surface area contributed by atoms with Crippen LogP contribution in [0.3, 0.4) is 0 Å². The summed E-state index contributed by atoms with van der Waals surface area (Å²) in [6, 6.07) is 9.15. The van der Waals surface area contributed by atoms with Crippen LogP contribution in [0.2, 0.25) is 5.02 Å². The van der Waals surface area contributed by atoms with Crippen LogP contribution in [-0.2, 0) is 16.0 Å². The molecule has 3 N–H and O–H groups in total. The van der Waals surface area contributed by atoms with Crippen LogP contribution in [0.1, 0.15) is 60.4 Å². The van der Waals surface area contributed by atoms with Gasteiger partial charge in [0.2, 0.25) is 5.91 Å². The molecule has 1 aromatic carbocycles. The van der Waals surface area contributed by atoms with Crippen molar-refractivity contribution in [1.29, 1.82) is 0 Å². The van der Waals surface area contributed by atoms with Gasteiger partial charge in [0.25, 0.3) is 5.56 Å². The number of hydrogen-bond donors (Lipinski definition) is 3. The molecule has 2 aliphatic rings. The lowest BCUT2D eigenvalue weighted by Gasteiger charge is -2.14. The van der Waals surface area contributed by atoms with Gasteiger partial charge in [-0.15, -0.1) is 0 Å². The number of pyridine rings is 1. The van der Waals surface area contributed by atoms with E-state index in [-0.39, 0.29) is 23.9 Å². The Hall–Kier alpha value is -2.86. The van der Waals surface area contributed by atoms with Crippen LogP contribution < -0.4 is 10.9 Å². The monoisotopic (exact) mass is 426 g/mol. The highest BCUT2D eigenvalue weighted by Crippen LogP contribution is 2.38. The molecule has 30 heavy (non-hydrogen) atoms. The molecular formula is C23H23ClN2O4. The first-order valence-corrected chi connectivity index (χ1v) is 10.5. The molecule has 0 spiro atoms. The number of halogens is 1. The average Bonchev–Trinajstić information content (AvgIpc) is 3.46. The van der Waals surface area contributed by atoms with Crippen LogP contribution in [0.25, 0.3) is 5.57 Å². The third-order valence-electron chi connectivity index (χ3n) is 5.62. The summed E-state index contributed by atoms with van der Waals surface area (Å²) >= 11 is 6.43. The van der Waals surface area contributed by atoms with Gasteiger partial charge in [-0.05, 0) is 54.9 Å². The van der Waals surface area contributed by atoms with E-state index >= 15 is 0 Å². The second-order valence-electron chi connectivity index (χ2n) is 7.92. The molecule has 156 valence electrons. The summed E-state index contributed by atoms with van der Waals surface area (Å²) in [4.78, 5) is 38.1. The lowest BCUT2D eigenvalue weighted by Crippen LogP contribution is -2.23. The Kier molecular flexibility index (Phi) is 5.77. The van der Waals surface area contributed by atoms with E-state index in [2.05, 4.69) is 10.3 Å². The molecule has 1 saturated heterocycles. The fourth-order valence-corrected chi connectivity index (χ4v) is 4.10. The molecule has 7 heteroatoms. The molecule has 2 fully saturated rings. The topological polar surface area (TPSA) is 99.3 Å². The molecule has 0 unspecified atom stereocenters. The van der Waals surface area contributed by atoms with Crippen molar-refractivity contribution in [2.45, 2.75) is 50.5 Å². The van der Waals surface area contributed by atoms with Gasteiger partial charge in [-0.2, -0.15) is 0 Å². The Morgan fingerprint density at radius 1 is 1.17 bits per heavy atom. The van der Waals surface area contributed by atoms with Gasteiger partial charge < -0.3 is 15.4 Å². The summed E-state index contributed by atoms with van der Waals surface area (Å²) in [6.45, 7) is 0. The number of aryl methyl sites for hydroxylation is 1. The first kappa shape index (κ1) is 20.4. The molecule has 1 aliphatic heterocycles. The molecule has 6 nitrogen and oxygen atoms in total. The Morgan fingerprint density at radius 2 is 1.97 bits per heavy atom. The number of aliphatic carboxylic acids is 1. The standard InChI is InChI=1S/C23H23ClN2O4/c24-19-11-15(4-3-14(19)5-10-22(28)29)18(12-16-6-9-21(27)25-16)20-8-7-17(13-1-2-13)23(30)26-20/h3-4,7-8,11-13,16H,1-2,5-6,9-10H2,(H,25,27)(H,26,30)(H,28,29)/b18-12+/t16-/m1/s1. The van der Waals surface area contributed by atoms with Crippen LogP contribution in [0.15, 0.2) is 41.2 Å². The van der Waals surface area contributed by atoms with Gasteiger partial charge in [0.1, 0.15) is 0 Å². The SMILES string of the molecule is O=C(O)CCc1ccc(/C(=C\[C@H]2CCC(=O)N2)c2ccc(C3CC3)c(=O)[nH]2)cc1Cl. The zero-order valence-electron chi connectivity index (χ0n) is 16.4. The Labute approximate surface area is 179 Å². The molecule has 0 radical (unpaired) electrons. The smallest absolute Gasteiger partial charge is 0.303 e. The second-order valence-corrected chi connectivity index (χ2v) is 8.33. The lowest BCUT2D eigenvalue weighted by molar-refractivity contribution is -0.137. The Bertz CT molecular complexity index is 1080. The highest BCUT2D eigenvalue weighted by atomic mass is 35.5. The highest BCUT2D eigenvalue weighted by Gasteiger charge is 2.27. The fourth-order valence-electron chi connectivity index (χ4n) is 3.82. The van der Waals surface area contributed by atoms with E-state index in [0.29, 0.717) is 35.9 Å². The van der Waals surface area contributed by atoms with Gasteiger partial charge in [-0.1, -0.05) is 35.9 Å². The number of nitrogens with one attached hydrogen (secondary N) is 2. The van der Waals surface area contributed by atoms with Crippen molar-refractivity contribution >= 4 is 29.1 Å². The van der Waals surface area contributed by atoms with Crippen LogP contribution in [0.5, 0.6) is 0 Å². The van der Waals surface area contributed by atoms with E-state index in [1.165, 1.54) is 0 Å². The first-order valence-electron chi connectivity index (χ1n) is 10.2. The van der Waals surface area contributed by atoms with Crippen LogP contribution in [0.4, 0.5) is 0 Å². The minimum Gasteiger partial charge on any atom is -0.481 e. The number of rotatable bonds is 7. The van der Waals surface area contributed by atoms with Crippen LogP contribution in [0, 0.1) is 0 Å². The molecule has 0 bridgehead atoms. The second kappa shape index (κ2) is 8.48. The number of carbonyl (C=O) groups is 2. The summed E-state index contributed by atoms with van der Waals surface area (Å²) in [6.07, 6.45) is 5.57. The van der Waals surface area contributed by atoms with E-state index < -0.39 is 5.97 Å². The van der Waals surface area contributed by atoms with Crippen LogP contribution in [-0.4, -0.2) is 28.0 Å².